The number of methoxy groups -OCH3 is 1. The van der Waals surface area contributed by atoms with Crippen LogP contribution in [0.25, 0.3) is 0 Å². The summed E-state index contributed by atoms with van der Waals surface area (Å²) in [6.07, 6.45) is 1.09. The molecular formula is C13H25NO6. The van der Waals surface area contributed by atoms with E-state index in [2.05, 4.69) is 4.90 Å². The van der Waals surface area contributed by atoms with Crippen molar-refractivity contribution in [3.05, 3.63) is 0 Å². The number of hydrogen-bond acceptors (Lipinski definition) is 6. The molecule has 0 aromatic rings. The van der Waals surface area contributed by atoms with Crippen LogP contribution in [0.3, 0.4) is 0 Å². The van der Waals surface area contributed by atoms with Gasteiger partial charge in [-0.05, 0) is 12.8 Å². The number of carboxylic acid groups (broad SMARTS) is 1. The number of hydrogen-bond donors (Lipinski definition) is 2. The molecule has 0 aromatic heterocycles. The molecule has 1 fully saturated rings. The summed E-state index contributed by atoms with van der Waals surface area (Å²) in [6, 6.07) is 0. The number of rotatable bonds is 10. The van der Waals surface area contributed by atoms with Gasteiger partial charge in [0.05, 0.1) is 32.0 Å². The number of carboxylic acids is 1. The number of aliphatic hydroxyl groups excluding tert-OH is 1. The van der Waals surface area contributed by atoms with Crippen LogP contribution in [-0.2, 0) is 19.0 Å². The maximum atomic E-state index is 10.4. The van der Waals surface area contributed by atoms with Crippen LogP contribution in [0, 0.1) is 0 Å². The molecule has 1 aliphatic rings. The number of carbonyl (C=O) groups is 1. The molecule has 0 aromatic carbocycles. The second-order valence-corrected chi connectivity index (χ2v) is 4.93. The highest BCUT2D eigenvalue weighted by atomic mass is 16.5. The Morgan fingerprint density at radius 2 is 2.05 bits per heavy atom. The lowest BCUT2D eigenvalue weighted by molar-refractivity contribution is -0.145. The number of aliphatic carboxylic acids is 1. The van der Waals surface area contributed by atoms with E-state index in [0.717, 1.165) is 25.9 Å². The Hall–Kier alpha value is -0.730. The van der Waals surface area contributed by atoms with Gasteiger partial charge in [0, 0.05) is 26.7 Å². The second kappa shape index (κ2) is 10.1. The Morgan fingerprint density at radius 3 is 2.65 bits per heavy atom. The monoisotopic (exact) mass is 291 g/mol. The molecule has 0 saturated carbocycles. The maximum absolute atomic E-state index is 10.4. The van der Waals surface area contributed by atoms with Crippen LogP contribution in [-0.4, -0.2) is 86.5 Å². The maximum Gasteiger partial charge on any atom is 0.329 e. The predicted octanol–water partition coefficient (Wildman–Crippen LogP) is -0.424. The van der Waals surface area contributed by atoms with E-state index in [0.29, 0.717) is 26.4 Å². The minimum atomic E-state index is -0.934. The zero-order valence-corrected chi connectivity index (χ0v) is 12.0. The van der Waals surface area contributed by atoms with Gasteiger partial charge in [0.1, 0.15) is 6.61 Å². The molecule has 1 aliphatic heterocycles. The van der Waals surface area contributed by atoms with E-state index in [-0.39, 0.29) is 12.7 Å². The molecule has 0 amide bonds. The van der Waals surface area contributed by atoms with Crippen molar-refractivity contribution < 1.29 is 29.2 Å². The number of likely N-dealkylation sites (tertiary alicyclic amines) is 1. The van der Waals surface area contributed by atoms with Gasteiger partial charge in [-0.3, -0.25) is 0 Å². The standard InChI is InChI=1S/C13H25NO6/c1-18-6-7-19-9-11(15)8-14-4-2-12(3-5-14)20-10-13(16)17/h11-12,15H,2-10H2,1H3,(H,16,17). The topological polar surface area (TPSA) is 88.5 Å². The van der Waals surface area contributed by atoms with E-state index in [1.807, 2.05) is 0 Å². The molecule has 7 heteroatoms. The molecule has 118 valence electrons. The van der Waals surface area contributed by atoms with Gasteiger partial charge in [-0.2, -0.15) is 0 Å². The highest BCUT2D eigenvalue weighted by molar-refractivity contribution is 5.68. The summed E-state index contributed by atoms with van der Waals surface area (Å²) >= 11 is 0. The summed E-state index contributed by atoms with van der Waals surface area (Å²) in [4.78, 5) is 12.6. The van der Waals surface area contributed by atoms with Crippen LogP contribution in [0.15, 0.2) is 0 Å². The van der Waals surface area contributed by atoms with E-state index in [1.54, 1.807) is 7.11 Å². The molecule has 7 nitrogen and oxygen atoms in total. The van der Waals surface area contributed by atoms with Gasteiger partial charge in [-0.25, -0.2) is 4.79 Å². The summed E-state index contributed by atoms with van der Waals surface area (Å²) < 4.78 is 15.4. The number of aliphatic hydroxyl groups is 1. The second-order valence-electron chi connectivity index (χ2n) is 4.93. The Balaban J connectivity index is 2.07. The van der Waals surface area contributed by atoms with Gasteiger partial charge in [0.2, 0.25) is 0 Å². The van der Waals surface area contributed by atoms with E-state index in [4.69, 9.17) is 19.3 Å². The van der Waals surface area contributed by atoms with E-state index in [9.17, 15) is 9.90 Å². The fourth-order valence-electron chi connectivity index (χ4n) is 2.16. The van der Waals surface area contributed by atoms with Crippen molar-refractivity contribution in [1.82, 2.24) is 4.90 Å². The number of nitrogens with zero attached hydrogens (tertiary/aromatic N) is 1. The zero-order valence-electron chi connectivity index (χ0n) is 12.0. The third kappa shape index (κ3) is 7.76. The average molecular weight is 291 g/mol. The zero-order chi connectivity index (χ0) is 14.8. The highest BCUT2D eigenvalue weighted by Gasteiger charge is 2.22. The lowest BCUT2D eigenvalue weighted by Gasteiger charge is -2.32. The third-order valence-electron chi connectivity index (χ3n) is 3.19. The minimum Gasteiger partial charge on any atom is -0.480 e. The molecule has 1 unspecified atom stereocenters. The fraction of sp³-hybridized carbons (Fsp3) is 0.923. The van der Waals surface area contributed by atoms with E-state index >= 15 is 0 Å². The third-order valence-corrected chi connectivity index (χ3v) is 3.19. The number of β-amino-alcohol motifs (C(OH)–C–C–N with tert-alkyl or cyclic N) is 1. The molecule has 0 spiro atoms. The summed E-state index contributed by atoms with van der Waals surface area (Å²) in [6.45, 7) is 3.26. The van der Waals surface area contributed by atoms with Crippen molar-refractivity contribution in [3.8, 4) is 0 Å². The van der Waals surface area contributed by atoms with Crippen LogP contribution < -0.4 is 0 Å². The molecule has 0 bridgehead atoms. The molecule has 20 heavy (non-hydrogen) atoms. The van der Waals surface area contributed by atoms with Crippen molar-refractivity contribution in [2.24, 2.45) is 0 Å². The summed E-state index contributed by atoms with van der Waals surface area (Å²) in [5.41, 5.74) is 0. The fourth-order valence-corrected chi connectivity index (χ4v) is 2.16. The molecule has 1 rings (SSSR count). The first-order valence-corrected chi connectivity index (χ1v) is 6.92. The summed E-state index contributed by atoms with van der Waals surface area (Å²) in [5.74, 6) is -0.934. The summed E-state index contributed by atoms with van der Waals surface area (Å²) in [7, 11) is 1.61. The van der Waals surface area contributed by atoms with Gasteiger partial charge < -0.3 is 29.3 Å². The quantitative estimate of drug-likeness (QED) is 0.528. The van der Waals surface area contributed by atoms with Gasteiger partial charge in [0.25, 0.3) is 0 Å². The smallest absolute Gasteiger partial charge is 0.329 e. The first-order chi connectivity index (χ1) is 9.61. The average Bonchev–Trinajstić information content (AvgIpc) is 2.43. The lowest BCUT2D eigenvalue weighted by atomic mass is 10.1. The van der Waals surface area contributed by atoms with Crippen LogP contribution >= 0.6 is 0 Å². The van der Waals surface area contributed by atoms with E-state index < -0.39 is 12.1 Å². The van der Waals surface area contributed by atoms with Gasteiger partial charge >= 0.3 is 5.97 Å². The van der Waals surface area contributed by atoms with E-state index in [1.165, 1.54) is 0 Å². The summed E-state index contributed by atoms with van der Waals surface area (Å²) in [5, 5.41) is 18.4. The SMILES string of the molecule is COCCOCC(O)CN1CCC(OCC(=O)O)CC1. The molecule has 1 heterocycles. The van der Waals surface area contributed by atoms with Gasteiger partial charge in [-0.1, -0.05) is 0 Å². The van der Waals surface area contributed by atoms with Crippen LogP contribution in [0.4, 0.5) is 0 Å². The van der Waals surface area contributed by atoms with Crippen molar-refractivity contribution in [1.29, 1.82) is 0 Å². The first-order valence-electron chi connectivity index (χ1n) is 6.92. The van der Waals surface area contributed by atoms with Crippen LogP contribution in [0.5, 0.6) is 0 Å². The molecule has 0 radical (unpaired) electrons. The minimum absolute atomic E-state index is 0.0115. The lowest BCUT2D eigenvalue weighted by Crippen LogP contribution is -2.42. The molecule has 2 N–H and O–H groups in total. The van der Waals surface area contributed by atoms with Crippen molar-refractivity contribution in [2.75, 3.05) is 53.2 Å². The largest absolute Gasteiger partial charge is 0.480 e. The predicted molar refractivity (Wildman–Crippen MR) is 71.8 cm³/mol. The number of ether oxygens (including phenoxy) is 3. The van der Waals surface area contributed by atoms with Crippen molar-refractivity contribution in [2.45, 2.75) is 25.0 Å². The molecule has 1 saturated heterocycles. The molecule has 0 aliphatic carbocycles. The van der Waals surface area contributed by atoms with Crippen molar-refractivity contribution >= 4 is 5.97 Å². The Kier molecular flexibility index (Phi) is 8.72. The Morgan fingerprint density at radius 1 is 1.35 bits per heavy atom. The van der Waals surface area contributed by atoms with Crippen molar-refractivity contribution in [3.63, 3.8) is 0 Å². The highest BCUT2D eigenvalue weighted by Crippen LogP contribution is 2.13. The van der Waals surface area contributed by atoms with Gasteiger partial charge in [-0.15, -0.1) is 0 Å². The van der Waals surface area contributed by atoms with Crippen LogP contribution in [0.2, 0.25) is 0 Å². The molecule has 1 atom stereocenters. The molecular weight excluding hydrogens is 266 g/mol. The Bertz CT molecular complexity index is 268. The van der Waals surface area contributed by atoms with Gasteiger partial charge in [0.15, 0.2) is 0 Å². The Labute approximate surface area is 119 Å². The first kappa shape index (κ1) is 17.3. The normalized spacial score (nSPS) is 19.1. The number of piperidine rings is 1. The van der Waals surface area contributed by atoms with Crippen LogP contribution in [0.1, 0.15) is 12.8 Å².